The van der Waals surface area contributed by atoms with E-state index in [1.54, 1.807) is 20.3 Å². The van der Waals surface area contributed by atoms with Crippen LogP contribution in [-0.4, -0.2) is 57.8 Å². The van der Waals surface area contributed by atoms with E-state index < -0.39 is 16.1 Å². The average Bonchev–Trinajstić information content (AvgIpc) is 2.87. The van der Waals surface area contributed by atoms with E-state index in [1.807, 2.05) is 24.3 Å². The average molecular weight is 529 g/mol. The van der Waals surface area contributed by atoms with Crippen LogP contribution < -0.4 is 19.5 Å². The third-order valence-corrected chi connectivity index (χ3v) is 6.75. The predicted octanol–water partition coefficient (Wildman–Crippen LogP) is 3.88. The lowest BCUT2D eigenvalue weighted by molar-refractivity contribution is 0.167. The molecule has 0 heterocycles. The molecular formula is C28H36N2O6S. The lowest BCUT2D eigenvalue weighted by Crippen LogP contribution is -2.35. The number of ether oxygens (including phenoxy) is 2. The quantitative estimate of drug-likeness (QED) is 0.249. The van der Waals surface area contributed by atoms with Crippen LogP contribution in [0.4, 0.5) is 5.69 Å². The van der Waals surface area contributed by atoms with Crippen molar-refractivity contribution in [3.8, 4) is 17.2 Å². The van der Waals surface area contributed by atoms with Crippen molar-refractivity contribution in [2.75, 3.05) is 31.7 Å². The molecule has 3 aromatic carbocycles. The van der Waals surface area contributed by atoms with Gasteiger partial charge in [-0.05, 0) is 72.9 Å². The number of hydrogen-bond acceptors (Lipinski definition) is 7. The zero-order valence-corrected chi connectivity index (χ0v) is 22.5. The summed E-state index contributed by atoms with van der Waals surface area (Å²) in [5, 5.41) is 24.0. The molecule has 1 unspecified atom stereocenters. The van der Waals surface area contributed by atoms with Crippen molar-refractivity contribution in [3.63, 3.8) is 0 Å². The van der Waals surface area contributed by atoms with Gasteiger partial charge in [-0.2, -0.15) is 0 Å². The number of aliphatic hydroxyl groups excluding tert-OH is 1. The first-order chi connectivity index (χ1) is 17.6. The number of aliphatic hydroxyl groups is 1. The molecule has 0 spiro atoms. The number of nitrogens with one attached hydrogen (secondary N) is 2. The van der Waals surface area contributed by atoms with Gasteiger partial charge in [-0.25, -0.2) is 8.42 Å². The maximum atomic E-state index is 11.5. The number of benzene rings is 3. The molecule has 3 aromatic rings. The second-order valence-corrected chi connectivity index (χ2v) is 11.0. The van der Waals surface area contributed by atoms with Crippen LogP contribution in [0, 0.1) is 0 Å². The lowest BCUT2D eigenvalue weighted by Gasteiger charge is -2.24. The van der Waals surface area contributed by atoms with Gasteiger partial charge in [-0.15, -0.1) is 0 Å². The number of anilines is 1. The third kappa shape index (κ3) is 8.66. The second-order valence-electron chi connectivity index (χ2n) is 9.23. The number of methoxy groups -OCH3 is 2. The Morgan fingerprint density at radius 3 is 1.92 bits per heavy atom. The standard InChI is InChI=1S/C28H36N2O6S/c1-19(29-18-23(31)16-20-5-14-28(32)27(17-20)30-37(4,33)34)15-26(21-6-10-24(35-2)11-7-21)22-8-12-25(36-3)13-9-22/h5-14,17,19,23,26,29-32H,15-16,18H2,1-4H3/t19?,23-/m1/s1. The van der Waals surface area contributed by atoms with Crippen LogP contribution in [0.5, 0.6) is 17.2 Å². The third-order valence-electron chi connectivity index (χ3n) is 6.16. The molecule has 37 heavy (non-hydrogen) atoms. The van der Waals surface area contributed by atoms with Gasteiger partial charge in [0.2, 0.25) is 10.0 Å². The number of phenols is 1. The maximum absolute atomic E-state index is 11.5. The van der Waals surface area contributed by atoms with E-state index in [4.69, 9.17) is 9.47 Å². The lowest BCUT2D eigenvalue weighted by atomic mass is 9.86. The summed E-state index contributed by atoms with van der Waals surface area (Å²) in [7, 11) is -0.236. The summed E-state index contributed by atoms with van der Waals surface area (Å²) in [6.07, 6.45) is 1.43. The Labute approximate surface area is 219 Å². The van der Waals surface area contributed by atoms with Crippen LogP contribution >= 0.6 is 0 Å². The van der Waals surface area contributed by atoms with Crippen LogP contribution in [0.3, 0.4) is 0 Å². The fourth-order valence-electron chi connectivity index (χ4n) is 4.25. The van der Waals surface area contributed by atoms with Gasteiger partial charge in [-0.3, -0.25) is 4.72 Å². The van der Waals surface area contributed by atoms with Crippen LogP contribution in [-0.2, 0) is 16.4 Å². The molecule has 0 saturated heterocycles. The topological polar surface area (TPSA) is 117 Å². The summed E-state index contributed by atoms with van der Waals surface area (Å²) in [6.45, 7) is 2.44. The summed E-state index contributed by atoms with van der Waals surface area (Å²) in [4.78, 5) is 0. The Balaban J connectivity index is 1.65. The van der Waals surface area contributed by atoms with Crippen LogP contribution in [0.25, 0.3) is 0 Å². The first-order valence-corrected chi connectivity index (χ1v) is 14.0. The van der Waals surface area contributed by atoms with Gasteiger partial charge >= 0.3 is 0 Å². The SMILES string of the molecule is COc1ccc(C(CC(C)NC[C@H](O)Cc2ccc(O)c(NS(C)(=O)=O)c2)c2ccc(OC)cc2)cc1. The van der Waals surface area contributed by atoms with Crippen LogP contribution in [0.15, 0.2) is 66.7 Å². The molecule has 3 rings (SSSR count). The summed E-state index contributed by atoms with van der Waals surface area (Å²) in [5.74, 6) is 1.56. The normalized spacial score (nSPS) is 13.2. The predicted molar refractivity (Wildman–Crippen MR) is 146 cm³/mol. The Hall–Kier alpha value is -3.27. The van der Waals surface area contributed by atoms with Crippen molar-refractivity contribution in [3.05, 3.63) is 83.4 Å². The molecule has 0 saturated carbocycles. The molecule has 2 atom stereocenters. The van der Waals surface area contributed by atoms with Gasteiger partial charge in [0.1, 0.15) is 17.2 Å². The van der Waals surface area contributed by atoms with E-state index >= 15 is 0 Å². The van der Waals surface area contributed by atoms with Gasteiger partial charge in [-0.1, -0.05) is 30.3 Å². The Morgan fingerprint density at radius 2 is 1.43 bits per heavy atom. The molecule has 0 aromatic heterocycles. The Morgan fingerprint density at radius 1 is 0.892 bits per heavy atom. The molecule has 8 nitrogen and oxygen atoms in total. The van der Waals surface area contributed by atoms with E-state index in [9.17, 15) is 18.6 Å². The minimum Gasteiger partial charge on any atom is -0.506 e. The molecule has 200 valence electrons. The van der Waals surface area contributed by atoms with Crippen molar-refractivity contribution in [2.45, 2.75) is 37.8 Å². The largest absolute Gasteiger partial charge is 0.506 e. The Kier molecular flexibility index (Phi) is 9.79. The molecule has 0 bridgehead atoms. The number of rotatable bonds is 13. The van der Waals surface area contributed by atoms with E-state index in [-0.39, 0.29) is 23.4 Å². The van der Waals surface area contributed by atoms with Gasteiger partial charge in [0.15, 0.2) is 0 Å². The first-order valence-electron chi connectivity index (χ1n) is 12.1. The molecule has 0 radical (unpaired) electrons. The van der Waals surface area contributed by atoms with E-state index in [0.29, 0.717) is 18.5 Å². The van der Waals surface area contributed by atoms with Crippen molar-refractivity contribution in [2.24, 2.45) is 0 Å². The summed E-state index contributed by atoms with van der Waals surface area (Å²) >= 11 is 0. The number of sulfonamides is 1. The highest BCUT2D eigenvalue weighted by Crippen LogP contribution is 2.32. The van der Waals surface area contributed by atoms with Crippen molar-refractivity contribution >= 4 is 15.7 Å². The van der Waals surface area contributed by atoms with E-state index in [0.717, 1.165) is 35.3 Å². The highest BCUT2D eigenvalue weighted by atomic mass is 32.2. The zero-order chi connectivity index (χ0) is 27.0. The molecular weight excluding hydrogens is 492 g/mol. The van der Waals surface area contributed by atoms with Crippen molar-refractivity contribution < 1.29 is 28.1 Å². The monoisotopic (exact) mass is 528 g/mol. The Bertz CT molecular complexity index is 1200. The van der Waals surface area contributed by atoms with E-state index in [2.05, 4.69) is 41.2 Å². The molecule has 0 aliphatic heterocycles. The highest BCUT2D eigenvalue weighted by molar-refractivity contribution is 7.92. The van der Waals surface area contributed by atoms with Gasteiger partial charge < -0.3 is 25.0 Å². The zero-order valence-electron chi connectivity index (χ0n) is 21.6. The molecule has 0 aliphatic rings. The minimum atomic E-state index is -3.53. The van der Waals surface area contributed by atoms with Crippen molar-refractivity contribution in [1.29, 1.82) is 0 Å². The molecule has 0 amide bonds. The van der Waals surface area contributed by atoms with Crippen LogP contribution in [0.1, 0.15) is 36.0 Å². The fourth-order valence-corrected chi connectivity index (χ4v) is 4.81. The van der Waals surface area contributed by atoms with Gasteiger partial charge in [0, 0.05) is 18.5 Å². The summed E-state index contributed by atoms with van der Waals surface area (Å²) in [6, 6.07) is 20.8. The maximum Gasteiger partial charge on any atom is 0.229 e. The summed E-state index contributed by atoms with van der Waals surface area (Å²) < 4.78 is 36.0. The molecule has 0 fully saturated rings. The summed E-state index contributed by atoms with van der Waals surface area (Å²) in [5.41, 5.74) is 3.13. The van der Waals surface area contributed by atoms with Gasteiger partial charge in [0.25, 0.3) is 0 Å². The van der Waals surface area contributed by atoms with Crippen LogP contribution in [0.2, 0.25) is 0 Å². The van der Waals surface area contributed by atoms with E-state index in [1.165, 1.54) is 12.1 Å². The van der Waals surface area contributed by atoms with Gasteiger partial charge in [0.05, 0.1) is 32.3 Å². The highest BCUT2D eigenvalue weighted by Gasteiger charge is 2.19. The second kappa shape index (κ2) is 12.8. The molecule has 4 N–H and O–H groups in total. The molecule has 0 aliphatic carbocycles. The number of phenolic OH excluding ortho intramolecular Hbond substituents is 1. The fraction of sp³-hybridized carbons (Fsp3) is 0.357. The van der Waals surface area contributed by atoms with Crippen molar-refractivity contribution in [1.82, 2.24) is 5.32 Å². The number of hydrogen-bond donors (Lipinski definition) is 4. The minimum absolute atomic E-state index is 0.0890. The smallest absolute Gasteiger partial charge is 0.229 e. The molecule has 9 heteroatoms. The first kappa shape index (κ1) is 28.3. The number of aromatic hydroxyl groups is 1.